The minimum Gasteiger partial charge on any atom is -0.544 e. The van der Waals surface area contributed by atoms with Crippen molar-refractivity contribution in [2.75, 3.05) is 14.2 Å². The number of amides is 1. The van der Waals surface area contributed by atoms with E-state index in [-0.39, 0.29) is 5.91 Å². The van der Waals surface area contributed by atoms with Gasteiger partial charge in [0.1, 0.15) is 5.75 Å². The number of carbonyl (C=O) groups is 1. The van der Waals surface area contributed by atoms with Crippen LogP contribution in [0.15, 0.2) is 24.3 Å². The number of benzene rings is 1. The molecule has 0 spiro atoms. The van der Waals surface area contributed by atoms with E-state index in [2.05, 4.69) is 19.6 Å². The van der Waals surface area contributed by atoms with Gasteiger partial charge < -0.3 is 4.43 Å². The van der Waals surface area contributed by atoms with Crippen LogP contribution in [-0.2, 0) is 4.84 Å². The fourth-order valence-electron chi connectivity index (χ4n) is 1.31. The van der Waals surface area contributed by atoms with Gasteiger partial charge in [0.15, 0.2) is 0 Å². The van der Waals surface area contributed by atoms with E-state index in [1.54, 1.807) is 13.1 Å². The molecule has 0 fully saturated rings. The number of hydrogen-bond acceptors (Lipinski definition) is 3. The summed E-state index contributed by atoms with van der Waals surface area (Å²) in [4.78, 5) is 16.9. The molecule has 1 aromatic carbocycles. The van der Waals surface area contributed by atoms with Crippen molar-refractivity contribution in [1.29, 1.82) is 0 Å². The summed E-state index contributed by atoms with van der Waals surface area (Å²) in [5.74, 6) is 0.418. The maximum Gasteiger partial charge on any atom is 0.280 e. The van der Waals surface area contributed by atoms with Gasteiger partial charge in [0.05, 0.1) is 12.7 Å². The zero-order chi connectivity index (χ0) is 13.1. The highest BCUT2D eigenvalue weighted by Crippen LogP contribution is 2.22. The van der Waals surface area contributed by atoms with Gasteiger partial charge in [-0.25, -0.2) is 5.06 Å². The first kappa shape index (κ1) is 13.7. The molecule has 17 heavy (non-hydrogen) atoms. The molecule has 5 heteroatoms. The molecule has 4 nitrogen and oxygen atoms in total. The van der Waals surface area contributed by atoms with Crippen LogP contribution in [0.2, 0.25) is 19.6 Å². The van der Waals surface area contributed by atoms with E-state index < -0.39 is 8.32 Å². The molecule has 0 N–H and O–H groups in total. The summed E-state index contributed by atoms with van der Waals surface area (Å²) in [5.41, 5.74) is 0.527. The van der Waals surface area contributed by atoms with E-state index in [4.69, 9.17) is 9.26 Å². The number of nitrogens with zero attached hydrogens (tertiary/aromatic N) is 1. The molecule has 0 saturated carbocycles. The Morgan fingerprint density at radius 3 is 2.35 bits per heavy atom. The van der Waals surface area contributed by atoms with Crippen molar-refractivity contribution in [1.82, 2.24) is 5.06 Å². The molecule has 0 aliphatic rings. The van der Waals surface area contributed by atoms with Crippen LogP contribution in [0, 0.1) is 0 Å². The predicted molar refractivity (Wildman–Crippen MR) is 69.5 cm³/mol. The maximum atomic E-state index is 12.0. The van der Waals surface area contributed by atoms with Crippen molar-refractivity contribution in [3.05, 3.63) is 29.8 Å². The highest BCUT2D eigenvalue weighted by Gasteiger charge is 2.22. The zero-order valence-electron chi connectivity index (χ0n) is 11.0. The molecule has 0 aliphatic carbocycles. The Kier molecular flexibility index (Phi) is 4.31. The molecular formula is C12H19NO3Si. The summed E-state index contributed by atoms with van der Waals surface area (Å²) in [5, 5.41) is 1.19. The predicted octanol–water partition coefficient (Wildman–Crippen LogP) is 2.53. The van der Waals surface area contributed by atoms with Gasteiger partial charge in [-0.2, -0.15) is 0 Å². The molecule has 0 unspecified atom stereocenters. The zero-order valence-corrected chi connectivity index (χ0v) is 12.0. The van der Waals surface area contributed by atoms with E-state index in [0.717, 1.165) is 0 Å². The van der Waals surface area contributed by atoms with Crippen LogP contribution in [0.4, 0.5) is 0 Å². The third kappa shape index (κ3) is 3.87. The fraction of sp³-hybridized carbons (Fsp3) is 0.417. The Labute approximate surface area is 103 Å². The molecule has 0 radical (unpaired) electrons. The normalized spacial score (nSPS) is 11.1. The van der Waals surface area contributed by atoms with Crippen LogP contribution in [0.3, 0.4) is 0 Å². The number of para-hydroxylation sites is 1. The van der Waals surface area contributed by atoms with Crippen LogP contribution in [0.5, 0.6) is 5.75 Å². The number of hydrogen-bond donors (Lipinski definition) is 0. The fourth-order valence-corrected chi connectivity index (χ4v) is 2.15. The minimum atomic E-state index is -1.73. The summed E-state index contributed by atoms with van der Waals surface area (Å²) in [6.07, 6.45) is 0. The molecule has 0 aliphatic heterocycles. The van der Waals surface area contributed by atoms with Gasteiger partial charge >= 0.3 is 0 Å². The smallest absolute Gasteiger partial charge is 0.280 e. The molecule has 0 saturated heterocycles. The molecule has 0 aromatic heterocycles. The second kappa shape index (κ2) is 5.33. The van der Waals surface area contributed by atoms with Crippen molar-refractivity contribution in [3.8, 4) is 5.75 Å². The van der Waals surface area contributed by atoms with Crippen LogP contribution in [-0.4, -0.2) is 33.4 Å². The summed E-state index contributed by atoms with van der Waals surface area (Å²) < 4.78 is 5.88. The molecule has 0 heterocycles. The average Bonchev–Trinajstić information content (AvgIpc) is 2.25. The second-order valence-corrected chi connectivity index (χ2v) is 9.12. The van der Waals surface area contributed by atoms with Gasteiger partial charge in [-0.05, 0) is 31.8 Å². The summed E-state index contributed by atoms with van der Waals surface area (Å²) in [6.45, 7) is 6.23. The van der Waals surface area contributed by atoms with E-state index >= 15 is 0 Å². The summed E-state index contributed by atoms with van der Waals surface area (Å²) >= 11 is 0. The number of hydroxylamine groups is 2. The lowest BCUT2D eigenvalue weighted by atomic mass is 10.2. The van der Waals surface area contributed by atoms with Crippen molar-refractivity contribution in [2.45, 2.75) is 19.6 Å². The molecule has 0 atom stereocenters. The van der Waals surface area contributed by atoms with Gasteiger partial charge in [0.2, 0.25) is 8.32 Å². The first-order valence-corrected chi connectivity index (χ1v) is 8.86. The Morgan fingerprint density at radius 2 is 1.82 bits per heavy atom. The largest absolute Gasteiger partial charge is 0.544 e. The third-order valence-electron chi connectivity index (χ3n) is 2.09. The quantitative estimate of drug-likeness (QED) is 0.611. The first-order valence-electron chi connectivity index (χ1n) is 5.45. The maximum absolute atomic E-state index is 12.0. The van der Waals surface area contributed by atoms with E-state index in [1.807, 2.05) is 18.2 Å². The molecule has 1 aromatic rings. The lowest BCUT2D eigenvalue weighted by Crippen LogP contribution is -2.32. The van der Waals surface area contributed by atoms with Crippen LogP contribution < -0.4 is 4.43 Å². The number of rotatable bonds is 4. The Bertz CT molecular complexity index is 401. The van der Waals surface area contributed by atoms with Crippen LogP contribution >= 0.6 is 0 Å². The highest BCUT2D eigenvalue weighted by molar-refractivity contribution is 6.70. The van der Waals surface area contributed by atoms with Gasteiger partial charge in [0.25, 0.3) is 5.91 Å². The SMILES string of the molecule is CON(C)C(=O)c1ccccc1O[Si](C)(C)C. The standard InChI is InChI=1S/C12H19NO3Si/c1-13(15-2)12(14)10-8-6-7-9-11(10)16-17(3,4)5/h6-9H,1-5H3. The van der Waals surface area contributed by atoms with Crippen molar-refractivity contribution < 1.29 is 14.1 Å². The minimum absolute atomic E-state index is 0.207. The summed E-state index contributed by atoms with van der Waals surface area (Å²) in [6, 6.07) is 7.23. The van der Waals surface area contributed by atoms with Crippen LogP contribution in [0.25, 0.3) is 0 Å². The van der Waals surface area contributed by atoms with Gasteiger partial charge in [0, 0.05) is 7.05 Å². The van der Waals surface area contributed by atoms with E-state index in [1.165, 1.54) is 12.2 Å². The molecular weight excluding hydrogens is 234 g/mol. The van der Waals surface area contributed by atoms with Crippen molar-refractivity contribution in [2.24, 2.45) is 0 Å². The van der Waals surface area contributed by atoms with Gasteiger partial charge in [-0.1, -0.05) is 12.1 Å². The Balaban J connectivity index is 3.04. The van der Waals surface area contributed by atoms with Gasteiger partial charge in [-0.3, -0.25) is 9.63 Å². The Hall–Kier alpha value is -1.33. The van der Waals surface area contributed by atoms with E-state index in [0.29, 0.717) is 11.3 Å². The van der Waals surface area contributed by atoms with Crippen molar-refractivity contribution in [3.63, 3.8) is 0 Å². The molecule has 0 bridgehead atoms. The topological polar surface area (TPSA) is 38.8 Å². The molecule has 94 valence electrons. The lowest BCUT2D eigenvalue weighted by molar-refractivity contribution is -0.0757. The average molecular weight is 253 g/mol. The second-order valence-electron chi connectivity index (χ2n) is 4.70. The third-order valence-corrected chi connectivity index (χ3v) is 2.93. The molecule has 1 rings (SSSR count). The monoisotopic (exact) mass is 253 g/mol. The highest BCUT2D eigenvalue weighted by atomic mass is 28.4. The summed E-state index contributed by atoms with van der Waals surface area (Å²) in [7, 11) is 1.30. The molecule has 1 amide bonds. The Morgan fingerprint density at radius 1 is 1.24 bits per heavy atom. The van der Waals surface area contributed by atoms with E-state index in [9.17, 15) is 4.79 Å². The van der Waals surface area contributed by atoms with Gasteiger partial charge in [-0.15, -0.1) is 0 Å². The van der Waals surface area contributed by atoms with Crippen molar-refractivity contribution >= 4 is 14.2 Å². The lowest BCUT2D eigenvalue weighted by Gasteiger charge is -2.22. The van der Waals surface area contributed by atoms with Crippen LogP contribution in [0.1, 0.15) is 10.4 Å². The number of carbonyl (C=O) groups excluding carboxylic acids is 1. The first-order chi connectivity index (χ1) is 7.85.